The second kappa shape index (κ2) is 5.76. The van der Waals surface area contributed by atoms with E-state index in [9.17, 15) is 14.7 Å². The maximum absolute atomic E-state index is 12.7. The van der Waals surface area contributed by atoms with Crippen molar-refractivity contribution in [1.29, 1.82) is 0 Å². The van der Waals surface area contributed by atoms with E-state index in [4.69, 9.17) is 4.74 Å². The fourth-order valence-electron chi connectivity index (χ4n) is 2.64. The largest absolute Gasteiger partial charge is 0.478 e. The van der Waals surface area contributed by atoms with Gasteiger partial charge in [-0.1, -0.05) is 42.5 Å². The first-order valence-electron chi connectivity index (χ1n) is 7.40. The third-order valence-corrected chi connectivity index (χ3v) is 4.00. The van der Waals surface area contributed by atoms with E-state index in [2.05, 4.69) is 0 Å². The number of anilines is 1. The number of ether oxygens (including phenoxy) is 1. The summed E-state index contributed by atoms with van der Waals surface area (Å²) >= 11 is 0. The number of carboxylic acids is 1. The van der Waals surface area contributed by atoms with Crippen LogP contribution in [0.3, 0.4) is 0 Å². The lowest BCUT2D eigenvalue weighted by atomic mass is 10.0. The monoisotopic (exact) mass is 311 g/mol. The number of amides is 1. The molecule has 118 valence electrons. The Kier molecular flexibility index (Phi) is 3.78. The van der Waals surface area contributed by atoms with Crippen LogP contribution in [0.15, 0.2) is 54.6 Å². The zero-order valence-electron chi connectivity index (χ0n) is 12.7. The zero-order chi connectivity index (χ0) is 16.4. The van der Waals surface area contributed by atoms with Crippen molar-refractivity contribution in [2.45, 2.75) is 18.9 Å². The van der Waals surface area contributed by atoms with Gasteiger partial charge in [-0.15, -0.1) is 0 Å². The Morgan fingerprint density at radius 2 is 1.78 bits per heavy atom. The molecule has 3 rings (SSSR count). The van der Waals surface area contributed by atoms with Crippen LogP contribution in [-0.2, 0) is 16.0 Å². The smallest absolute Gasteiger partial charge is 0.357 e. The Hall–Kier alpha value is -2.82. The minimum atomic E-state index is -1.90. The average molecular weight is 311 g/mol. The van der Waals surface area contributed by atoms with Crippen LogP contribution in [0.1, 0.15) is 12.5 Å². The number of carboxylic acid groups (broad SMARTS) is 1. The number of rotatable bonds is 4. The molecule has 1 aliphatic heterocycles. The number of hydrogen-bond acceptors (Lipinski definition) is 3. The molecule has 5 heteroatoms. The van der Waals surface area contributed by atoms with Crippen LogP contribution in [0.25, 0.3) is 0 Å². The van der Waals surface area contributed by atoms with E-state index in [1.165, 1.54) is 11.8 Å². The van der Waals surface area contributed by atoms with Gasteiger partial charge in [-0.05, 0) is 31.0 Å². The molecule has 0 aliphatic carbocycles. The number of para-hydroxylation sites is 2. The molecule has 1 aliphatic rings. The summed E-state index contributed by atoms with van der Waals surface area (Å²) in [7, 11) is 0. The maximum Gasteiger partial charge on any atom is 0.357 e. The van der Waals surface area contributed by atoms with Gasteiger partial charge in [0.15, 0.2) is 0 Å². The molecular formula is C18H17NO4. The molecule has 1 N–H and O–H groups in total. The second-order valence-corrected chi connectivity index (χ2v) is 5.60. The molecule has 0 radical (unpaired) electrons. The van der Waals surface area contributed by atoms with Crippen molar-refractivity contribution in [3.05, 3.63) is 60.2 Å². The molecule has 0 saturated heterocycles. The van der Waals surface area contributed by atoms with Crippen molar-refractivity contribution >= 4 is 17.6 Å². The number of hydrogen-bond donors (Lipinski definition) is 1. The number of benzene rings is 2. The first-order chi connectivity index (χ1) is 11.0. The number of nitrogens with zero attached hydrogens (tertiary/aromatic N) is 1. The Balaban J connectivity index is 1.93. The van der Waals surface area contributed by atoms with Crippen molar-refractivity contribution in [3.63, 3.8) is 0 Å². The summed E-state index contributed by atoms with van der Waals surface area (Å²) in [6.07, 6.45) is 0.636. The van der Waals surface area contributed by atoms with Gasteiger partial charge in [0, 0.05) is 6.54 Å². The molecule has 5 nitrogen and oxygen atoms in total. The molecule has 0 fully saturated rings. The fraction of sp³-hybridized carbons (Fsp3) is 0.222. The summed E-state index contributed by atoms with van der Waals surface area (Å²) in [4.78, 5) is 25.7. The number of carbonyl (C=O) groups is 2. The lowest BCUT2D eigenvalue weighted by molar-refractivity contribution is -0.161. The Morgan fingerprint density at radius 3 is 2.48 bits per heavy atom. The third kappa shape index (κ3) is 2.65. The quantitative estimate of drug-likeness (QED) is 0.881. The highest BCUT2D eigenvalue weighted by molar-refractivity contribution is 6.14. The van der Waals surface area contributed by atoms with Crippen LogP contribution >= 0.6 is 0 Å². The molecule has 0 aromatic heterocycles. The predicted octanol–water partition coefficient (Wildman–Crippen LogP) is 2.50. The first-order valence-corrected chi connectivity index (χ1v) is 7.40. The zero-order valence-corrected chi connectivity index (χ0v) is 12.7. The summed E-state index contributed by atoms with van der Waals surface area (Å²) in [5, 5.41) is 9.42. The molecule has 1 atom stereocenters. The van der Waals surface area contributed by atoms with Gasteiger partial charge in [-0.2, -0.15) is 0 Å². The van der Waals surface area contributed by atoms with E-state index in [0.717, 1.165) is 5.56 Å². The second-order valence-electron chi connectivity index (χ2n) is 5.60. The Bertz CT molecular complexity index is 744. The number of aliphatic carboxylic acids is 1. The van der Waals surface area contributed by atoms with Gasteiger partial charge in [-0.3, -0.25) is 4.79 Å². The van der Waals surface area contributed by atoms with E-state index in [1.54, 1.807) is 24.3 Å². The standard InChI is InChI=1S/C18H17NO4/c1-18(17(21)22)16(20)19(12-11-13-7-3-2-4-8-13)14-9-5-6-10-15(14)23-18/h2-10H,11-12H2,1H3,(H,21,22)/t18-/m0/s1. The van der Waals surface area contributed by atoms with Gasteiger partial charge < -0.3 is 14.7 Å². The fourth-order valence-corrected chi connectivity index (χ4v) is 2.64. The third-order valence-electron chi connectivity index (χ3n) is 4.00. The van der Waals surface area contributed by atoms with E-state index < -0.39 is 17.5 Å². The van der Waals surface area contributed by atoms with Crippen molar-refractivity contribution in [3.8, 4) is 5.75 Å². The van der Waals surface area contributed by atoms with Gasteiger partial charge in [0.1, 0.15) is 5.75 Å². The van der Waals surface area contributed by atoms with Gasteiger partial charge in [-0.25, -0.2) is 4.79 Å². The van der Waals surface area contributed by atoms with Crippen LogP contribution in [0.4, 0.5) is 5.69 Å². The molecule has 0 spiro atoms. The average Bonchev–Trinajstić information content (AvgIpc) is 2.56. The van der Waals surface area contributed by atoms with Gasteiger partial charge in [0.2, 0.25) is 0 Å². The first kappa shape index (κ1) is 15.1. The van der Waals surface area contributed by atoms with E-state index in [1.807, 2.05) is 30.3 Å². The molecular weight excluding hydrogens is 294 g/mol. The van der Waals surface area contributed by atoms with Crippen molar-refractivity contribution < 1.29 is 19.4 Å². The number of carbonyl (C=O) groups excluding carboxylic acids is 1. The highest BCUT2D eigenvalue weighted by atomic mass is 16.5. The molecule has 1 amide bonds. The molecule has 0 bridgehead atoms. The Labute approximate surface area is 134 Å². The minimum Gasteiger partial charge on any atom is -0.478 e. The summed E-state index contributed by atoms with van der Waals surface area (Å²) in [6, 6.07) is 16.8. The van der Waals surface area contributed by atoms with Gasteiger partial charge in [0.25, 0.3) is 11.5 Å². The molecule has 0 unspecified atom stereocenters. The summed E-state index contributed by atoms with van der Waals surface area (Å²) < 4.78 is 5.48. The topological polar surface area (TPSA) is 66.8 Å². The predicted molar refractivity (Wildman–Crippen MR) is 85.6 cm³/mol. The van der Waals surface area contributed by atoms with Crippen molar-refractivity contribution in [2.24, 2.45) is 0 Å². The number of fused-ring (bicyclic) bond motifs is 1. The normalized spacial score (nSPS) is 19.9. The molecule has 2 aromatic carbocycles. The lowest BCUT2D eigenvalue weighted by Crippen LogP contribution is -2.59. The highest BCUT2D eigenvalue weighted by Crippen LogP contribution is 2.37. The minimum absolute atomic E-state index is 0.395. The van der Waals surface area contributed by atoms with E-state index in [-0.39, 0.29) is 0 Å². The summed E-state index contributed by atoms with van der Waals surface area (Å²) in [6.45, 7) is 1.69. The van der Waals surface area contributed by atoms with Crippen molar-refractivity contribution in [1.82, 2.24) is 0 Å². The lowest BCUT2D eigenvalue weighted by Gasteiger charge is -2.38. The van der Waals surface area contributed by atoms with Crippen molar-refractivity contribution in [2.75, 3.05) is 11.4 Å². The SMILES string of the molecule is C[C@]1(C(=O)O)Oc2ccccc2N(CCc2ccccc2)C1=O. The van der Waals surface area contributed by atoms with E-state index in [0.29, 0.717) is 24.4 Å². The summed E-state index contributed by atoms with van der Waals surface area (Å²) in [5.74, 6) is -1.44. The molecule has 1 heterocycles. The molecule has 23 heavy (non-hydrogen) atoms. The van der Waals surface area contributed by atoms with E-state index >= 15 is 0 Å². The molecule has 2 aromatic rings. The highest BCUT2D eigenvalue weighted by Gasteiger charge is 2.50. The maximum atomic E-state index is 12.7. The van der Waals surface area contributed by atoms with Crippen LogP contribution in [0, 0.1) is 0 Å². The summed E-state index contributed by atoms with van der Waals surface area (Å²) in [5.41, 5.74) is -0.209. The molecule has 0 saturated carbocycles. The van der Waals surface area contributed by atoms with Gasteiger partial charge in [0.05, 0.1) is 5.69 Å². The van der Waals surface area contributed by atoms with Crippen LogP contribution in [-0.4, -0.2) is 29.1 Å². The Morgan fingerprint density at radius 1 is 1.13 bits per heavy atom. The van der Waals surface area contributed by atoms with Gasteiger partial charge >= 0.3 is 5.97 Å². The van der Waals surface area contributed by atoms with Crippen LogP contribution in [0.5, 0.6) is 5.75 Å². The van der Waals surface area contributed by atoms with Crippen LogP contribution < -0.4 is 9.64 Å². The van der Waals surface area contributed by atoms with Crippen LogP contribution in [0.2, 0.25) is 0 Å².